The SMILES string of the molecule is O=C1S/C(=C/c2ccccc2OCc2ccccc2F)C(=O)N1Cc1ccccc1[N+](=O)[O-]. The average molecular weight is 464 g/mol. The van der Waals surface area contributed by atoms with Crippen molar-refractivity contribution < 1.29 is 23.6 Å². The molecule has 1 aliphatic rings. The summed E-state index contributed by atoms with van der Waals surface area (Å²) in [4.78, 5) is 37.2. The molecule has 1 saturated heterocycles. The maximum Gasteiger partial charge on any atom is 0.293 e. The van der Waals surface area contributed by atoms with Crippen LogP contribution in [0, 0.1) is 15.9 Å². The van der Waals surface area contributed by atoms with E-state index in [4.69, 9.17) is 4.74 Å². The summed E-state index contributed by atoms with van der Waals surface area (Å²) in [6.07, 6.45) is 1.53. The normalized spacial score (nSPS) is 14.7. The summed E-state index contributed by atoms with van der Waals surface area (Å²) in [6, 6.07) is 19.1. The minimum atomic E-state index is -0.549. The number of hydrogen-bond acceptors (Lipinski definition) is 6. The lowest BCUT2D eigenvalue weighted by Crippen LogP contribution is -2.27. The summed E-state index contributed by atoms with van der Waals surface area (Å²) in [5.41, 5.74) is 1.04. The Balaban J connectivity index is 1.55. The Bertz CT molecular complexity index is 1280. The molecule has 0 unspecified atom stereocenters. The van der Waals surface area contributed by atoms with E-state index in [1.54, 1.807) is 48.5 Å². The number of para-hydroxylation sites is 2. The molecule has 0 radical (unpaired) electrons. The van der Waals surface area contributed by atoms with Gasteiger partial charge < -0.3 is 4.74 Å². The number of rotatable bonds is 7. The second-order valence-corrected chi connectivity index (χ2v) is 8.06. The van der Waals surface area contributed by atoms with E-state index in [0.29, 0.717) is 16.9 Å². The first kappa shape index (κ1) is 22.2. The van der Waals surface area contributed by atoms with Crippen LogP contribution in [-0.4, -0.2) is 21.0 Å². The molecule has 7 nitrogen and oxygen atoms in total. The zero-order chi connectivity index (χ0) is 23.4. The van der Waals surface area contributed by atoms with E-state index in [1.165, 1.54) is 30.3 Å². The number of nitro groups is 1. The predicted molar refractivity (Wildman–Crippen MR) is 122 cm³/mol. The van der Waals surface area contributed by atoms with E-state index in [-0.39, 0.29) is 35.1 Å². The number of nitro benzene ring substituents is 1. The second kappa shape index (κ2) is 9.66. The third-order valence-electron chi connectivity index (χ3n) is 4.94. The molecular weight excluding hydrogens is 447 g/mol. The van der Waals surface area contributed by atoms with Crippen LogP contribution in [-0.2, 0) is 17.9 Å². The molecule has 1 heterocycles. The van der Waals surface area contributed by atoms with E-state index in [1.807, 2.05) is 0 Å². The van der Waals surface area contributed by atoms with Crippen molar-refractivity contribution >= 4 is 34.7 Å². The van der Waals surface area contributed by atoms with Crippen LogP contribution >= 0.6 is 11.8 Å². The first-order valence-electron chi connectivity index (χ1n) is 9.87. The molecule has 0 aromatic heterocycles. The third-order valence-corrected chi connectivity index (χ3v) is 5.84. The molecule has 166 valence electrons. The quantitative estimate of drug-likeness (QED) is 0.259. The molecule has 0 aliphatic carbocycles. The number of thioether (sulfide) groups is 1. The molecular formula is C24H17FN2O5S. The van der Waals surface area contributed by atoms with Crippen molar-refractivity contribution in [2.45, 2.75) is 13.2 Å². The Hall–Kier alpha value is -3.98. The molecule has 9 heteroatoms. The standard InChI is InChI=1S/C24H17FN2O5S/c25-19-10-4-1-9-18(19)15-32-21-12-6-3-7-16(21)13-22-23(28)26(24(29)33-22)14-17-8-2-5-11-20(17)27(30)31/h1-13H,14-15H2/b22-13+. The van der Waals surface area contributed by atoms with Crippen LogP contribution in [0.5, 0.6) is 5.75 Å². The highest BCUT2D eigenvalue weighted by molar-refractivity contribution is 8.18. The third kappa shape index (κ3) is 4.93. The molecule has 0 atom stereocenters. The van der Waals surface area contributed by atoms with Gasteiger partial charge in [-0.15, -0.1) is 0 Å². The number of hydrogen-bond donors (Lipinski definition) is 0. The van der Waals surface area contributed by atoms with Gasteiger partial charge in [-0.3, -0.25) is 24.6 Å². The van der Waals surface area contributed by atoms with E-state index in [9.17, 15) is 24.1 Å². The number of ether oxygens (including phenoxy) is 1. The topological polar surface area (TPSA) is 89.8 Å². The number of carbonyl (C=O) groups is 2. The van der Waals surface area contributed by atoms with E-state index < -0.39 is 16.1 Å². The molecule has 4 rings (SSSR count). The van der Waals surface area contributed by atoms with Crippen molar-refractivity contribution in [3.8, 4) is 5.75 Å². The molecule has 2 amide bonds. The highest BCUT2D eigenvalue weighted by Gasteiger charge is 2.36. The summed E-state index contributed by atoms with van der Waals surface area (Å²) >= 11 is 0.749. The van der Waals surface area contributed by atoms with Gasteiger partial charge in [0.05, 0.1) is 16.4 Å². The fourth-order valence-corrected chi connectivity index (χ4v) is 4.10. The lowest BCUT2D eigenvalue weighted by molar-refractivity contribution is -0.385. The highest BCUT2D eigenvalue weighted by atomic mass is 32.2. The van der Waals surface area contributed by atoms with Gasteiger partial charge in [0.1, 0.15) is 18.2 Å². The van der Waals surface area contributed by atoms with Crippen molar-refractivity contribution in [3.63, 3.8) is 0 Å². The first-order valence-corrected chi connectivity index (χ1v) is 10.7. The lowest BCUT2D eigenvalue weighted by Gasteiger charge is -2.12. The number of benzene rings is 3. The zero-order valence-corrected chi connectivity index (χ0v) is 18.0. The van der Waals surface area contributed by atoms with Crippen LogP contribution < -0.4 is 4.74 Å². The van der Waals surface area contributed by atoms with Crippen molar-refractivity contribution in [3.05, 3.63) is 110 Å². The number of carbonyl (C=O) groups excluding carboxylic acids is 2. The van der Waals surface area contributed by atoms with E-state index in [2.05, 4.69) is 0 Å². The molecule has 1 fully saturated rings. The Morgan fingerprint density at radius 1 is 0.970 bits per heavy atom. The maximum atomic E-state index is 13.9. The molecule has 3 aromatic rings. The smallest absolute Gasteiger partial charge is 0.293 e. The van der Waals surface area contributed by atoms with E-state index in [0.717, 1.165) is 16.7 Å². The van der Waals surface area contributed by atoms with Crippen LogP contribution in [0.2, 0.25) is 0 Å². The Morgan fingerprint density at radius 3 is 2.39 bits per heavy atom. The number of halogens is 1. The summed E-state index contributed by atoms with van der Waals surface area (Å²) in [5.74, 6) is -0.510. The molecule has 33 heavy (non-hydrogen) atoms. The van der Waals surface area contributed by atoms with E-state index >= 15 is 0 Å². The molecule has 0 spiro atoms. The van der Waals surface area contributed by atoms with Crippen LogP contribution in [0.15, 0.2) is 77.7 Å². The molecule has 0 N–H and O–H groups in total. The largest absolute Gasteiger partial charge is 0.488 e. The summed E-state index contributed by atoms with van der Waals surface area (Å²) < 4.78 is 19.7. The van der Waals surface area contributed by atoms with Gasteiger partial charge in [0.2, 0.25) is 0 Å². The van der Waals surface area contributed by atoms with Gasteiger partial charge in [0, 0.05) is 22.8 Å². The van der Waals surface area contributed by atoms with Crippen molar-refractivity contribution in [2.24, 2.45) is 0 Å². The Morgan fingerprint density at radius 2 is 1.64 bits per heavy atom. The molecule has 1 aliphatic heterocycles. The number of nitrogens with zero attached hydrogens (tertiary/aromatic N) is 2. The van der Waals surface area contributed by atoms with Gasteiger partial charge in [0.25, 0.3) is 16.8 Å². The van der Waals surface area contributed by atoms with Gasteiger partial charge in [-0.25, -0.2) is 4.39 Å². The maximum absolute atomic E-state index is 13.9. The van der Waals surface area contributed by atoms with Crippen LogP contribution in [0.25, 0.3) is 6.08 Å². The highest BCUT2D eigenvalue weighted by Crippen LogP contribution is 2.36. The van der Waals surface area contributed by atoms with Crippen LogP contribution in [0.3, 0.4) is 0 Å². The van der Waals surface area contributed by atoms with Gasteiger partial charge in [0.15, 0.2) is 0 Å². The summed E-state index contributed by atoms with van der Waals surface area (Å²) in [6.45, 7) is -0.207. The Labute approximate surface area is 192 Å². The van der Waals surface area contributed by atoms with Gasteiger partial charge in [-0.2, -0.15) is 0 Å². The average Bonchev–Trinajstić information content (AvgIpc) is 3.07. The van der Waals surface area contributed by atoms with Gasteiger partial charge >= 0.3 is 0 Å². The van der Waals surface area contributed by atoms with Crippen molar-refractivity contribution in [1.82, 2.24) is 4.90 Å². The monoisotopic (exact) mass is 464 g/mol. The molecule has 3 aromatic carbocycles. The minimum absolute atomic E-state index is 0.00329. The lowest BCUT2D eigenvalue weighted by atomic mass is 10.1. The fraction of sp³-hybridized carbons (Fsp3) is 0.0833. The van der Waals surface area contributed by atoms with Gasteiger partial charge in [-0.1, -0.05) is 54.6 Å². The van der Waals surface area contributed by atoms with Crippen LogP contribution in [0.4, 0.5) is 14.9 Å². The number of amides is 2. The van der Waals surface area contributed by atoms with Crippen LogP contribution in [0.1, 0.15) is 16.7 Å². The Kier molecular flexibility index (Phi) is 6.50. The number of imide groups is 1. The summed E-state index contributed by atoms with van der Waals surface area (Å²) in [5, 5.41) is 10.7. The van der Waals surface area contributed by atoms with Gasteiger partial charge in [-0.05, 0) is 30.0 Å². The minimum Gasteiger partial charge on any atom is -0.488 e. The predicted octanol–water partition coefficient (Wildman–Crippen LogP) is 5.55. The zero-order valence-electron chi connectivity index (χ0n) is 17.1. The summed E-state index contributed by atoms with van der Waals surface area (Å²) in [7, 11) is 0. The first-order chi connectivity index (χ1) is 15.9. The van der Waals surface area contributed by atoms with Crippen molar-refractivity contribution in [2.75, 3.05) is 0 Å². The fourth-order valence-electron chi connectivity index (χ4n) is 3.27. The molecule has 0 bridgehead atoms. The second-order valence-electron chi connectivity index (χ2n) is 7.07. The molecule has 0 saturated carbocycles. The van der Waals surface area contributed by atoms with Crippen molar-refractivity contribution in [1.29, 1.82) is 0 Å².